The molecule has 0 unspecified atom stereocenters. The highest BCUT2D eigenvalue weighted by Crippen LogP contribution is 2.42. The SMILES string of the molecule is c1ccc(-c2nc(-c3cccc(-c4cc5ccccc5c5c(-c6ccccc6)c(-c6ccccc6)nn45)c3)nc(-c3cccc4c3c3ccccc3n4-c3ccccc3)n2)cc1. The van der Waals surface area contributed by atoms with Crippen LogP contribution < -0.4 is 0 Å². The van der Waals surface area contributed by atoms with Crippen LogP contribution in [0.15, 0.2) is 218 Å². The predicted octanol–water partition coefficient (Wildman–Crippen LogP) is 13.8. The Kier molecular flexibility index (Phi) is 8.38. The molecule has 6 heteroatoms. The van der Waals surface area contributed by atoms with Gasteiger partial charge < -0.3 is 4.57 Å². The molecule has 0 aliphatic carbocycles. The summed E-state index contributed by atoms with van der Waals surface area (Å²) in [5, 5.41) is 9.95. The first kappa shape index (κ1) is 35.5. The third kappa shape index (κ3) is 5.88. The van der Waals surface area contributed by atoms with Crippen LogP contribution in [0.25, 0.3) is 112 Å². The average Bonchev–Trinajstić information content (AvgIpc) is 3.92. The Balaban J connectivity index is 1.09. The number of para-hydroxylation sites is 2. The van der Waals surface area contributed by atoms with Crippen molar-refractivity contribution in [2.75, 3.05) is 0 Å². The summed E-state index contributed by atoms with van der Waals surface area (Å²) >= 11 is 0. The molecule has 62 heavy (non-hydrogen) atoms. The quantitative estimate of drug-likeness (QED) is 0.161. The largest absolute Gasteiger partial charge is 0.309 e. The van der Waals surface area contributed by atoms with Crippen LogP contribution in [0.1, 0.15) is 0 Å². The summed E-state index contributed by atoms with van der Waals surface area (Å²) in [5.41, 5.74) is 13.3. The van der Waals surface area contributed by atoms with Gasteiger partial charge in [0.25, 0.3) is 0 Å². The molecular formula is C56H36N6. The van der Waals surface area contributed by atoms with Gasteiger partial charge in [0.15, 0.2) is 17.5 Å². The van der Waals surface area contributed by atoms with Crippen LogP contribution in [-0.2, 0) is 0 Å². The fourth-order valence-electron chi connectivity index (χ4n) is 8.99. The summed E-state index contributed by atoms with van der Waals surface area (Å²) < 4.78 is 4.45. The molecule has 0 amide bonds. The van der Waals surface area contributed by atoms with Crippen molar-refractivity contribution >= 4 is 38.1 Å². The summed E-state index contributed by atoms with van der Waals surface area (Å²) in [5.74, 6) is 1.81. The third-order valence-corrected chi connectivity index (χ3v) is 11.8. The Morgan fingerprint density at radius 3 is 1.68 bits per heavy atom. The summed E-state index contributed by atoms with van der Waals surface area (Å²) in [6.45, 7) is 0. The molecule has 0 spiro atoms. The van der Waals surface area contributed by atoms with Gasteiger partial charge in [-0.15, -0.1) is 0 Å². The topological polar surface area (TPSA) is 60.9 Å². The number of rotatable bonds is 7. The number of benzene rings is 8. The molecule has 4 heterocycles. The summed E-state index contributed by atoms with van der Waals surface area (Å²) in [6, 6.07) is 76.1. The van der Waals surface area contributed by atoms with E-state index < -0.39 is 0 Å². The molecule has 0 bridgehead atoms. The summed E-state index contributed by atoms with van der Waals surface area (Å²) in [6.07, 6.45) is 0. The minimum Gasteiger partial charge on any atom is -0.309 e. The summed E-state index contributed by atoms with van der Waals surface area (Å²) in [4.78, 5) is 15.7. The zero-order chi connectivity index (χ0) is 41.0. The van der Waals surface area contributed by atoms with Gasteiger partial charge in [-0.3, -0.25) is 0 Å². The van der Waals surface area contributed by atoms with E-state index in [1.165, 1.54) is 0 Å². The van der Waals surface area contributed by atoms with Crippen LogP contribution in [0.3, 0.4) is 0 Å². The van der Waals surface area contributed by atoms with Gasteiger partial charge >= 0.3 is 0 Å². The van der Waals surface area contributed by atoms with E-state index in [9.17, 15) is 0 Å². The van der Waals surface area contributed by atoms with E-state index in [0.717, 1.165) is 94.1 Å². The number of fused-ring (bicyclic) bond motifs is 6. The lowest BCUT2D eigenvalue weighted by atomic mass is 9.97. The van der Waals surface area contributed by atoms with Gasteiger partial charge in [0.05, 0.1) is 22.2 Å². The first-order chi connectivity index (χ1) is 30.8. The summed E-state index contributed by atoms with van der Waals surface area (Å²) in [7, 11) is 0. The van der Waals surface area contributed by atoms with E-state index in [4.69, 9.17) is 20.1 Å². The van der Waals surface area contributed by atoms with E-state index in [1.807, 2.05) is 24.3 Å². The molecule has 0 fully saturated rings. The van der Waals surface area contributed by atoms with Gasteiger partial charge in [-0.05, 0) is 47.3 Å². The predicted molar refractivity (Wildman–Crippen MR) is 253 cm³/mol. The molecule has 4 aromatic heterocycles. The zero-order valence-electron chi connectivity index (χ0n) is 33.5. The first-order valence-corrected chi connectivity index (χ1v) is 20.8. The molecule has 12 rings (SSSR count). The monoisotopic (exact) mass is 792 g/mol. The Labute approximate surface area is 357 Å². The molecule has 0 saturated heterocycles. The van der Waals surface area contributed by atoms with Gasteiger partial charge in [0.2, 0.25) is 0 Å². The van der Waals surface area contributed by atoms with Crippen molar-refractivity contribution in [3.05, 3.63) is 218 Å². The molecule has 290 valence electrons. The molecule has 0 aliphatic rings. The van der Waals surface area contributed by atoms with Crippen LogP contribution in [0.5, 0.6) is 0 Å². The maximum absolute atomic E-state index is 5.45. The Bertz CT molecular complexity index is 3610. The van der Waals surface area contributed by atoms with E-state index >= 15 is 0 Å². The molecular weight excluding hydrogens is 757 g/mol. The number of hydrogen-bond donors (Lipinski definition) is 0. The van der Waals surface area contributed by atoms with E-state index in [2.05, 4.69) is 203 Å². The van der Waals surface area contributed by atoms with Crippen LogP contribution in [0, 0.1) is 0 Å². The second-order valence-electron chi connectivity index (χ2n) is 15.5. The molecule has 12 aromatic rings. The van der Waals surface area contributed by atoms with Gasteiger partial charge in [0, 0.05) is 55.2 Å². The van der Waals surface area contributed by atoms with Crippen LogP contribution in [0.4, 0.5) is 0 Å². The Morgan fingerprint density at radius 1 is 0.371 bits per heavy atom. The minimum atomic E-state index is 0.590. The molecule has 8 aromatic carbocycles. The molecule has 0 N–H and O–H groups in total. The highest BCUT2D eigenvalue weighted by atomic mass is 15.2. The third-order valence-electron chi connectivity index (χ3n) is 11.8. The van der Waals surface area contributed by atoms with Crippen molar-refractivity contribution in [1.29, 1.82) is 0 Å². The average molecular weight is 793 g/mol. The smallest absolute Gasteiger partial charge is 0.164 e. The van der Waals surface area contributed by atoms with Crippen LogP contribution >= 0.6 is 0 Å². The standard InChI is InChI=1S/C56H36N6/c1-5-19-37(20-6-1)50-52(38-21-7-2-8-22-38)60-62-49(36-40-25-13-14-30-44(40)53(50)62)41-26-17-27-42(35-41)55-57-54(39-23-9-3-10-24-39)58-56(59-55)46-32-18-34-48-51(46)45-31-15-16-33-47(45)61(48)43-28-11-4-12-29-43/h1-36H. The maximum atomic E-state index is 5.45. The fraction of sp³-hybridized carbons (Fsp3) is 0. The number of hydrogen-bond acceptors (Lipinski definition) is 4. The number of aromatic nitrogens is 6. The van der Waals surface area contributed by atoms with E-state index in [1.54, 1.807) is 0 Å². The van der Waals surface area contributed by atoms with Gasteiger partial charge in [-0.2, -0.15) is 5.10 Å². The lowest BCUT2D eigenvalue weighted by Gasteiger charge is -2.13. The van der Waals surface area contributed by atoms with Crippen LogP contribution in [-0.4, -0.2) is 29.1 Å². The van der Waals surface area contributed by atoms with Crippen molar-refractivity contribution in [2.45, 2.75) is 0 Å². The maximum Gasteiger partial charge on any atom is 0.164 e. The van der Waals surface area contributed by atoms with Gasteiger partial charge in [-0.1, -0.05) is 182 Å². The second kappa shape index (κ2) is 14.7. The van der Waals surface area contributed by atoms with Crippen molar-refractivity contribution in [3.63, 3.8) is 0 Å². The van der Waals surface area contributed by atoms with Crippen molar-refractivity contribution in [2.24, 2.45) is 0 Å². The molecule has 0 aliphatic heterocycles. The molecule has 0 atom stereocenters. The van der Waals surface area contributed by atoms with Gasteiger partial charge in [0.1, 0.15) is 5.69 Å². The lowest BCUT2D eigenvalue weighted by Crippen LogP contribution is -2.01. The highest BCUT2D eigenvalue weighted by molar-refractivity contribution is 6.15. The van der Waals surface area contributed by atoms with E-state index in [0.29, 0.717) is 17.5 Å². The minimum absolute atomic E-state index is 0.590. The van der Waals surface area contributed by atoms with Crippen LogP contribution in [0.2, 0.25) is 0 Å². The number of pyridine rings is 1. The Hall–Kier alpha value is -8.48. The van der Waals surface area contributed by atoms with E-state index in [-0.39, 0.29) is 0 Å². The number of nitrogens with zero attached hydrogens (tertiary/aromatic N) is 6. The van der Waals surface area contributed by atoms with Crippen molar-refractivity contribution < 1.29 is 0 Å². The fourth-order valence-corrected chi connectivity index (χ4v) is 8.99. The highest BCUT2D eigenvalue weighted by Gasteiger charge is 2.23. The normalized spacial score (nSPS) is 11.5. The molecule has 0 saturated carbocycles. The molecule has 0 radical (unpaired) electrons. The Morgan fingerprint density at radius 2 is 0.919 bits per heavy atom. The lowest BCUT2D eigenvalue weighted by molar-refractivity contribution is 0.979. The zero-order valence-corrected chi connectivity index (χ0v) is 33.5. The second-order valence-corrected chi connectivity index (χ2v) is 15.5. The van der Waals surface area contributed by atoms with Crippen molar-refractivity contribution in [3.8, 4) is 73.5 Å². The molecule has 6 nitrogen and oxygen atoms in total. The first-order valence-electron chi connectivity index (χ1n) is 20.8. The van der Waals surface area contributed by atoms with Crippen molar-refractivity contribution in [1.82, 2.24) is 29.1 Å². The van der Waals surface area contributed by atoms with Gasteiger partial charge in [-0.25, -0.2) is 19.5 Å².